The lowest BCUT2D eigenvalue weighted by Crippen LogP contribution is -1.85. The van der Waals surface area contributed by atoms with Gasteiger partial charge in [0.2, 0.25) is 0 Å². The highest BCUT2D eigenvalue weighted by Gasteiger charge is 1.84. The first kappa shape index (κ1) is 14.1. The SMILES string of the molecule is C#C.C#C.[SiH3]OCc1ccccc1. The van der Waals surface area contributed by atoms with Gasteiger partial charge in [0, 0.05) is 0 Å². The summed E-state index contributed by atoms with van der Waals surface area (Å²) in [7, 11) is 0.824. The highest BCUT2D eigenvalue weighted by Crippen LogP contribution is 1.97. The molecular formula is C11H14OSi. The number of hydrogen-bond acceptors (Lipinski definition) is 1. The molecule has 1 aromatic carbocycles. The van der Waals surface area contributed by atoms with Gasteiger partial charge >= 0.3 is 0 Å². The smallest absolute Gasteiger partial charge is 0.146 e. The Morgan fingerprint density at radius 1 is 1.00 bits per heavy atom. The van der Waals surface area contributed by atoms with E-state index in [1.54, 1.807) is 0 Å². The number of benzene rings is 1. The van der Waals surface area contributed by atoms with Crippen LogP contribution >= 0.6 is 0 Å². The van der Waals surface area contributed by atoms with E-state index in [9.17, 15) is 0 Å². The van der Waals surface area contributed by atoms with Crippen LogP contribution in [0.1, 0.15) is 5.56 Å². The van der Waals surface area contributed by atoms with Crippen LogP contribution in [0, 0.1) is 25.7 Å². The van der Waals surface area contributed by atoms with Gasteiger partial charge in [0.25, 0.3) is 0 Å². The Labute approximate surface area is 83.7 Å². The largest absolute Gasteiger partial charge is 0.424 e. The van der Waals surface area contributed by atoms with Crippen molar-refractivity contribution in [2.75, 3.05) is 0 Å². The molecule has 0 aliphatic heterocycles. The topological polar surface area (TPSA) is 9.23 Å². The van der Waals surface area contributed by atoms with Crippen molar-refractivity contribution in [2.24, 2.45) is 0 Å². The van der Waals surface area contributed by atoms with E-state index in [1.165, 1.54) is 5.56 Å². The van der Waals surface area contributed by atoms with Gasteiger partial charge in [0.1, 0.15) is 10.5 Å². The van der Waals surface area contributed by atoms with Crippen molar-refractivity contribution in [3.05, 3.63) is 35.9 Å². The van der Waals surface area contributed by atoms with E-state index >= 15 is 0 Å². The highest BCUT2D eigenvalue weighted by molar-refractivity contribution is 5.97. The molecular weight excluding hydrogens is 176 g/mol. The quantitative estimate of drug-likeness (QED) is 0.499. The van der Waals surface area contributed by atoms with Crippen LogP contribution < -0.4 is 0 Å². The Balaban J connectivity index is 0. The average Bonchev–Trinajstić information content (AvgIpc) is 2.26. The van der Waals surface area contributed by atoms with Crippen molar-refractivity contribution in [1.29, 1.82) is 0 Å². The lowest BCUT2D eigenvalue weighted by molar-refractivity contribution is 0.338. The maximum Gasteiger partial charge on any atom is 0.146 e. The third-order valence-electron chi connectivity index (χ3n) is 1.15. The summed E-state index contributed by atoms with van der Waals surface area (Å²) in [6.45, 7) is 0.771. The predicted molar refractivity (Wildman–Crippen MR) is 61.0 cm³/mol. The molecule has 1 nitrogen and oxygen atoms in total. The first-order valence-electron chi connectivity index (χ1n) is 3.63. The fraction of sp³-hybridized carbons (Fsp3) is 0.0909. The van der Waals surface area contributed by atoms with Gasteiger partial charge in [-0.15, -0.1) is 25.7 Å². The second-order valence-corrected chi connectivity index (χ2v) is 2.50. The minimum Gasteiger partial charge on any atom is -0.424 e. The molecule has 0 radical (unpaired) electrons. The molecule has 1 aromatic rings. The molecule has 13 heavy (non-hydrogen) atoms. The summed E-state index contributed by atoms with van der Waals surface area (Å²) in [5.41, 5.74) is 1.26. The van der Waals surface area contributed by atoms with Gasteiger partial charge in [-0.05, 0) is 5.56 Å². The molecule has 0 saturated carbocycles. The van der Waals surface area contributed by atoms with Crippen LogP contribution in [-0.2, 0) is 11.0 Å². The van der Waals surface area contributed by atoms with Gasteiger partial charge in [0.05, 0.1) is 6.61 Å². The van der Waals surface area contributed by atoms with Crippen molar-refractivity contribution in [2.45, 2.75) is 6.61 Å². The van der Waals surface area contributed by atoms with Crippen LogP contribution in [0.15, 0.2) is 30.3 Å². The molecule has 0 aromatic heterocycles. The van der Waals surface area contributed by atoms with Crippen molar-refractivity contribution >= 4 is 10.5 Å². The van der Waals surface area contributed by atoms with E-state index < -0.39 is 0 Å². The summed E-state index contributed by atoms with van der Waals surface area (Å²) in [4.78, 5) is 0. The monoisotopic (exact) mass is 190 g/mol. The van der Waals surface area contributed by atoms with E-state index in [-0.39, 0.29) is 0 Å². The van der Waals surface area contributed by atoms with Gasteiger partial charge < -0.3 is 4.43 Å². The Kier molecular flexibility index (Phi) is 14.2. The summed E-state index contributed by atoms with van der Waals surface area (Å²) in [5, 5.41) is 0. The molecule has 0 bridgehead atoms. The average molecular weight is 190 g/mol. The first-order valence-corrected chi connectivity index (χ1v) is 4.44. The highest BCUT2D eigenvalue weighted by atomic mass is 28.2. The summed E-state index contributed by atoms with van der Waals surface area (Å²) in [6, 6.07) is 10.2. The fourth-order valence-corrected chi connectivity index (χ4v) is 1.07. The Hall–Kier alpha value is -1.48. The van der Waals surface area contributed by atoms with E-state index in [0.29, 0.717) is 0 Å². The van der Waals surface area contributed by atoms with Gasteiger partial charge in [-0.25, -0.2) is 0 Å². The number of rotatable bonds is 2. The zero-order valence-corrected chi connectivity index (χ0v) is 9.81. The summed E-state index contributed by atoms with van der Waals surface area (Å²) < 4.78 is 5.07. The molecule has 0 unspecified atom stereocenters. The van der Waals surface area contributed by atoms with Crippen LogP contribution in [0.2, 0.25) is 0 Å². The van der Waals surface area contributed by atoms with E-state index in [1.807, 2.05) is 18.2 Å². The normalized spacial score (nSPS) is 7.08. The summed E-state index contributed by atoms with van der Waals surface area (Å²) >= 11 is 0. The maximum absolute atomic E-state index is 5.07. The molecule has 68 valence electrons. The molecule has 0 heterocycles. The van der Waals surface area contributed by atoms with E-state index in [2.05, 4.69) is 37.8 Å². The van der Waals surface area contributed by atoms with Gasteiger partial charge in [-0.2, -0.15) is 0 Å². The van der Waals surface area contributed by atoms with Crippen molar-refractivity contribution < 1.29 is 4.43 Å². The second-order valence-electron chi connectivity index (χ2n) is 1.92. The Morgan fingerprint density at radius 2 is 1.46 bits per heavy atom. The minimum atomic E-state index is 0.771. The van der Waals surface area contributed by atoms with Crippen LogP contribution in [-0.4, -0.2) is 10.5 Å². The molecule has 0 spiro atoms. The zero-order chi connectivity index (χ0) is 10.5. The van der Waals surface area contributed by atoms with Gasteiger partial charge in [0.15, 0.2) is 0 Å². The second kappa shape index (κ2) is 13.1. The molecule has 2 heteroatoms. The Morgan fingerprint density at radius 3 is 1.85 bits per heavy atom. The predicted octanol–water partition coefficient (Wildman–Crippen LogP) is 0.982. The first-order chi connectivity index (χ1) is 6.43. The van der Waals surface area contributed by atoms with Crippen molar-refractivity contribution in [1.82, 2.24) is 0 Å². The van der Waals surface area contributed by atoms with Gasteiger partial charge in [-0.3, -0.25) is 0 Å². The van der Waals surface area contributed by atoms with E-state index in [0.717, 1.165) is 17.1 Å². The van der Waals surface area contributed by atoms with Crippen LogP contribution in [0.5, 0.6) is 0 Å². The minimum absolute atomic E-state index is 0.771. The summed E-state index contributed by atoms with van der Waals surface area (Å²) in [6.07, 6.45) is 16.0. The molecule has 0 aliphatic rings. The lowest BCUT2D eigenvalue weighted by atomic mass is 10.2. The zero-order valence-electron chi connectivity index (χ0n) is 7.81. The molecule has 0 fully saturated rings. The number of terminal acetylenes is 2. The van der Waals surface area contributed by atoms with Crippen molar-refractivity contribution in [3.63, 3.8) is 0 Å². The molecule has 1 rings (SSSR count). The lowest BCUT2D eigenvalue weighted by Gasteiger charge is -1.95. The van der Waals surface area contributed by atoms with Crippen LogP contribution in [0.3, 0.4) is 0 Å². The molecule has 0 aliphatic carbocycles. The third-order valence-corrected chi connectivity index (χ3v) is 1.44. The molecule has 0 saturated heterocycles. The van der Waals surface area contributed by atoms with Crippen LogP contribution in [0.4, 0.5) is 0 Å². The Bertz CT molecular complexity index is 220. The van der Waals surface area contributed by atoms with Gasteiger partial charge in [-0.1, -0.05) is 30.3 Å². The fourth-order valence-electron chi connectivity index (χ4n) is 0.741. The van der Waals surface area contributed by atoms with Crippen LogP contribution in [0.25, 0.3) is 0 Å². The maximum atomic E-state index is 5.07. The number of hydrogen-bond donors (Lipinski definition) is 0. The standard InChI is InChI=1S/C7H10OSi.2C2H2/c9-8-6-7-4-2-1-3-5-7;2*1-2/h1-5H,6H2,9H3;2*1-2H. The third kappa shape index (κ3) is 8.42. The van der Waals surface area contributed by atoms with Crippen molar-refractivity contribution in [3.8, 4) is 25.7 Å². The molecule has 0 amide bonds. The van der Waals surface area contributed by atoms with E-state index in [4.69, 9.17) is 4.43 Å². The molecule has 0 atom stereocenters. The molecule has 0 N–H and O–H groups in total. The summed E-state index contributed by atoms with van der Waals surface area (Å²) in [5.74, 6) is 0.